The molecule has 0 fully saturated rings. The van der Waals surface area contributed by atoms with Crippen LogP contribution in [0.1, 0.15) is 23.7 Å². The molecule has 0 spiro atoms. The Morgan fingerprint density at radius 3 is 2.69 bits per heavy atom. The number of halogens is 1. The number of nitrogens with one attached hydrogen (secondary N) is 1. The van der Waals surface area contributed by atoms with Crippen LogP contribution >= 0.6 is 11.6 Å². The molecule has 0 radical (unpaired) electrons. The summed E-state index contributed by atoms with van der Waals surface area (Å²) < 4.78 is 7.71. The van der Waals surface area contributed by atoms with Gasteiger partial charge in [0.25, 0.3) is 5.56 Å². The first kappa shape index (κ1) is 18.2. The van der Waals surface area contributed by atoms with Crippen LogP contribution in [0.3, 0.4) is 0 Å². The molecule has 136 valence electrons. The summed E-state index contributed by atoms with van der Waals surface area (Å²) in [6.07, 6.45) is 9.17. The van der Waals surface area contributed by atoms with Crippen LogP contribution in [0.2, 0.25) is 5.02 Å². The van der Waals surface area contributed by atoms with Gasteiger partial charge in [0, 0.05) is 24.7 Å². The normalized spacial score (nSPS) is 21.8. The minimum Gasteiger partial charge on any atom is -0.459 e. The zero-order valence-corrected chi connectivity index (χ0v) is 15.8. The number of aromatic nitrogens is 3. The molecule has 1 aliphatic rings. The van der Waals surface area contributed by atoms with Crippen molar-refractivity contribution < 1.29 is 4.74 Å². The first-order valence-corrected chi connectivity index (χ1v) is 8.61. The highest BCUT2D eigenvalue weighted by atomic mass is 35.5. The summed E-state index contributed by atoms with van der Waals surface area (Å²) in [6, 6.07) is 1.76. The maximum Gasteiger partial charge on any atom is 0.328 e. The topological polar surface area (TPSA) is 77.0 Å². The van der Waals surface area contributed by atoms with E-state index in [0.29, 0.717) is 16.3 Å². The van der Waals surface area contributed by atoms with Gasteiger partial charge in [-0.1, -0.05) is 36.8 Å². The zero-order chi connectivity index (χ0) is 19.1. The molecule has 6 nitrogen and oxygen atoms in total. The van der Waals surface area contributed by atoms with E-state index in [4.69, 9.17) is 16.3 Å². The lowest BCUT2D eigenvalue weighted by atomic mass is 9.80. The fraction of sp³-hybridized carbons (Fsp3) is 0.316. The Balaban J connectivity index is 2.29. The highest BCUT2D eigenvalue weighted by Gasteiger charge is 2.43. The van der Waals surface area contributed by atoms with Crippen molar-refractivity contribution in [3.05, 3.63) is 79.2 Å². The van der Waals surface area contributed by atoms with Gasteiger partial charge in [-0.25, -0.2) is 9.78 Å². The number of hydrogen-bond acceptors (Lipinski definition) is 4. The third kappa shape index (κ3) is 2.90. The van der Waals surface area contributed by atoms with Gasteiger partial charge >= 0.3 is 5.69 Å². The van der Waals surface area contributed by atoms with E-state index >= 15 is 0 Å². The standard InChI is InChI=1S/C19H20ClN3O3/c1-11-9-14(20)17(21-10-11)26-19(8-6-5-7-12(19)2)15-13(3)16(24)22-18(25)23(15)4/h5-10,12H,1-4H3,(H,22,24,25). The van der Waals surface area contributed by atoms with Crippen molar-refractivity contribution in [2.24, 2.45) is 13.0 Å². The van der Waals surface area contributed by atoms with Crippen molar-refractivity contribution in [2.45, 2.75) is 26.4 Å². The third-order valence-electron chi connectivity index (χ3n) is 4.67. The van der Waals surface area contributed by atoms with Crippen molar-refractivity contribution in [3.8, 4) is 5.88 Å². The lowest BCUT2D eigenvalue weighted by Crippen LogP contribution is -2.46. The van der Waals surface area contributed by atoms with Crippen molar-refractivity contribution in [2.75, 3.05) is 0 Å². The van der Waals surface area contributed by atoms with Crippen LogP contribution in [0.25, 0.3) is 0 Å². The number of ether oxygens (including phenoxy) is 1. The lowest BCUT2D eigenvalue weighted by molar-refractivity contribution is 0.0638. The molecule has 2 heterocycles. The second kappa shape index (κ2) is 6.61. The summed E-state index contributed by atoms with van der Waals surface area (Å²) in [5, 5.41) is 0.368. The third-order valence-corrected chi connectivity index (χ3v) is 4.94. The SMILES string of the molecule is Cc1cnc(OC2(c3c(C)c(=O)[nH]c(=O)n3C)C=CC=CC2C)c(Cl)c1. The van der Waals surface area contributed by atoms with Gasteiger partial charge in [0.2, 0.25) is 5.88 Å². The van der Waals surface area contributed by atoms with E-state index in [0.717, 1.165) is 5.56 Å². The summed E-state index contributed by atoms with van der Waals surface area (Å²) in [5.41, 5.74) is -0.253. The van der Waals surface area contributed by atoms with Gasteiger partial charge in [-0.15, -0.1) is 0 Å². The van der Waals surface area contributed by atoms with Gasteiger partial charge in [0.1, 0.15) is 5.02 Å². The Labute approximate surface area is 155 Å². The average molecular weight is 374 g/mol. The first-order valence-electron chi connectivity index (χ1n) is 8.24. The highest BCUT2D eigenvalue weighted by Crippen LogP contribution is 2.40. The fourth-order valence-corrected chi connectivity index (χ4v) is 3.50. The molecule has 1 N–H and O–H groups in total. The number of hydrogen-bond donors (Lipinski definition) is 1. The maximum atomic E-state index is 12.3. The van der Waals surface area contributed by atoms with E-state index in [1.165, 1.54) is 4.57 Å². The number of rotatable bonds is 3. The Bertz CT molecular complexity index is 1000. The molecule has 0 aliphatic heterocycles. The zero-order valence-electron chi connectivity index (χ0n) is 15.0. The second-order valence-electron chi connectivity index (χ2n) is 6.52. The second-order valence-corrected chi connectivity index (χ2v) is 6.93. The smallest absolute Gasteiger partial charge is 0.328 e. The number of aryl methyl sites for hydroxylation is 1. The number of allylic oxidation sites excluding steroid dienone is 2. The summed E-state index contributed by atoms with van der Waals surface area (Å²) in [4.78, 5) is 31.1. The van der Waals surface area contributed by atoms with Gasteiger partial charge in [-0.2, -0.15) is 0 Å². The van der Waals surface area contributed by atoms with Gasteiger partial charge in [0.15, 0.2) is 5.60 Å². The van der Waals surface area contributed by atoms with E-state index < -0.39 is 16.9 Å². The molecular formula is C19H20ClN3O3. The van der Waals surface area contributed by atoms with Crippen LogP contribution in [-0.2, 0) is 12.6 Å². The Kier molecular flexibility index (Phi) is 4.63. The lowest BCUT2D eigenvalue weighted by Gasteiger charge is -2.38. The summed E-state index contributed by atoms with van der Waals surface area (Å²) >= 11 is 6.32. The van der Waals surface area contributed by atoms with Crippen molar-refractivity contribution in [1.82, 2.24) is 14.5 Å². The summed E-state index contributed by atoms with van der Waals surface area (Å²) in [7, 11) is 1.61. The van der Waals surface area contributed by atoms with Crippen LogP contribution in [0.15, 0.2) is 46.2 Å². The highest BCUT2D eigenvalue weighted by molar-refractivity contribution is 6.31. The van der Waals surface area contributed by atoms with E-state index in [9.17, 15) is 9.59 Å². The van der Waals surface area contributed by atoms with E-state index in [1.807, 2.05) is 38.2 Å². The fourth-order valence-electron chi connectivity index (χ4n) is 3.24. The maximum absolute atomic E-state index is 12.3. The van der Waals surface area contributed by atoms with Crippen LogP contribution in [0.5, 0.6) is 5.88 Å². The molecule has 0 aromatic carbocycles. The minimum atomic E-state index is -1.09. The molecule has 0 saturated heterocycles. The molecule has 3 rings (SSSR count). The van der Waals surface area contributed by atoms with Crippen LogP contribution in [0.4, 0.5) is 0 Å². The Morgan fingerprint density at radius 1 is 1.31 bits per heavy atom. The number of nitrogens with zero attached hydrogens (tertiary/aromatic N) is 2. The van der Waals surface area contributed by atoms with Gasteiger partial charge < -0.3 is 4.74 Å². The van der Waals surface area contributed by atoms with Crippen LogP contribution in [-0.4, -0.2) is 14.5 Å². The molecular weight excluding hydrogens is 354 g/mol. The molecule has 0 amide bonds. The largest absolute Gasteiger partial charge is 0.459 e. The van der Waals surface area contributed by atoms with Crippen molar-refractivity contribution in [1.29, 1.82) is 0 Å². The van der Waals surface area contributed by atoms with Crippen molar-refractivity contribution >= 4 is 11.6 Å². The van der Waals surface area contributed by atoms with Crippen LogP contribution in [0, 0.1) is 19.8 Å². The molecule has 0 saturated carbocycles. The molecule has 2 aromatic heterocycles. The van der Waals surface area contributed by atoms with Crippen LogP contribution < -0.4 is 16.0 Å². The predicted octanol–water partition coefficient (Wildman–Crippen LogP) is 2.78. The monoisotopic (exact) mass is 373 g/mol. The molecule has 2 unspecified atom stereocenters. The Hall–Kier alpha value is -2.60. The molecule has 1 aliphatic carbocycles. The quantitative estimate of drug-likeness (QED) is 0.897. The van der Waals surface area contributed by atoms with Crippen molar-refractivity contribution in [3.63, 3.8) is 0 Å². The molecule has 2 aromatic rings. The molecule has 7 heteroatoms. The van der Waals surface area contributed by atoms with E-state index in [2.05, 4.69) is 9.97 Å². The van der Waals surface area contributed by atoms with Gasteiger partial charge in [0.05, 0.1) is 5.69 Å². The summed E-state index contributed by atoms with van der Waals surface area (Å²) in [5.74, 6) is 0.0777. The number of H-pyrrole nitrogens is 1. The van der Waals surface area contributed by atoms with Gasteiger partial charge in [-0.05, 0) is 31.6 Å². The average Bonchev–Trinajstić information content (AvgIpc) is 2.58. The molecule has 26 heavy (non-hydrogen) atoms. The number of pyridine rings is 1. The molecule has 0 bridgehead atoms. The van der Waals surface area contributed by atoms with E-state index in [1.54, 1.807) is 26.2 Å². The number of aromatic amines is 1. The predicted molar refractivity (Wildman–Crippen MR) is 101 cm³/mol. The minimum absolute atomic E-state index is 0.169. The Morgan fingerprint density at radius 2 is 2.04 bits per heavy atom. The van der Waals surface area contributed by atoms with Gasteiger partial charge in [-0.3, -0.25) is 14.3 Å². The molecule has 2 atom stereocenters. The summed E-state index contributed by atoms with van der Waals surface area (Å²) in [6.45, 7) is 5.50. The van der Waals surface area contributed by atoms with E-state index in [-0.39, 0.29) is 11.8 Å². The first-order chi connectivity index (χ1) is 12.3.